The van der Waals surface area contributed by atoms with E-state index < -0.39 is 0 Å². The first-order valence-corrected chi connectivity index (χ1v) is 6.78. The van der Waals surface area contributed by atoms with Crippen LogP contribution in [-0.4, -0.2) is 36.9 Å². The van der Waals surface area contributed by atoms with Gasteiger partial charge >= 0.3 is 0 Å². The molecular weight excluding hydrogens is 218 g/mol. The van der Waals surface area contributed by atoms with Gasteiger partial charge in [-0.2, -0.15) is 0 Å². The number of amides is 1. The summed E-state index contributed by atoms with van der Waals surface area (Å²) < 4.78 is 5.25. The molecular formula is C13H21NO3. The number of aliphatic hydroxyl groups excluding tert-OH is 1. The molecule has 0 aromatic heterocycles. The lowest BCUT2D eigenvalue weighted by Crippen LogP contribution is -2.47. The Bertz CT molecular complexity index is 301. The van der Waals surface area contributed by atoms with E-state index >= 15 is 0 Å². The second kappa shape index (κ2) is 4.58. The Balaban J connectivity index is 1.62. The highest BCUT2D eigenvalue weighted by Gasteiger charge is 2.48. The van der Waals surface area contributed by atoms with Gasteiger partial charge in [-0.25, -0.2) is 0 Å². The zero-order chi connectivity index (χ0) is 11.8. The summed E-state index contributed by atoms with van der Waals surface area (Å²) in [4.78, 5) is 12.1. The molecule has 0 radical (unpaired) electrons. The largest absolute Gasteiger partial charge is 0.396 e. The van der Waals surface area contributed by atoms with Crippen molar-refractivity contribution in [2.45, 2.75) is 31.7 Å². The number of fused-ring (bicyclic) bond motifs is 2. The van der Waals surface area contributed by atoms with Gasteiger partial charge in [0.2, 0.25) is 5.91 Å². The van der Waals surface area contributed by atoms with Crippen LogP contribution in [0.1, 0.15) is 25.7 Å². The van der Waals surface area contributed by atoms with Crippen molar-refractivity contribution in [2.75, 3.05) is 19.8 Å². The molecule has 4 heteroatoms. The highest BCUT2D eigenvalue weighted by Crippen LogP contribution is 2.48. The molecule has 5 unspecified atom stereocenters. The minimum absolute atomic E-state index is 0.0356. The number of nitrogens with one attached hydrogen (secondary N) is 1. The summed E-state index contributed by atoms with van der Waals surface area (Å²) in [5, 5.41) is 12.6. The van der Waals surface area contributed by atoms with Crippen molar-refractivity contribution in [1.29, 1.82) is 0 Å². The van der Waals surface area contributed by atoms with Crippen LogP contribution >= 0.6 is 0 Å². The van der Waals surface area contributed by atoms with Crippen LogP contribution in [-0.2, 0) is 9.53 Å². The third kappa shape index (κ3) is 1.97. The Morgan fingerprint density at radius 3 is 2.82 bits per heavy atom. The quantitative estimate of drug-likeness (QED) is 0.756. The molecule has 1 aliphatic heterocycles. The van der Waals surface area contributed by atoms with E-state index in [-0.39, 0.29) is 24.5 Å². The van der Waals surface area contributed by atoms with Crippen LogP contribution in [0, 0.1) is 23.7 Å². The summed E-state index contributed by atoms with van der Waals surface area (Å²) in [6.07, 6.45) is 4.48. The maximum absolute atomic E-state index is 12.1. The molecule has 2 N–H and O–H groups in total. The molecule has 2 saturated carbocycles. The van der Waals surface area contributed by atoms with E-state index in [4.69, 9.17) is 4.74 Å². The first-order chi connectivity index (χ1) is 8.29. The van der Waals surface area contributed by atoms with E-state index in [1.165, 1.54) is 19.3 Å². The van der Waals surface area contributed by atoms with Gasteiger partial charge in [-0.3, -0.25) is 4.79 Å². The number of carbonyl (C=O) groups excluding carboxylic acids is 1. The highest BCUT2D eigenvalue weighted by atomic mass is 16.5. The first-order valence-electron chi connectivity index (χ1n) is 6.78. The Labute approximate surface area is 102 Å². The molecule has 1 amide bonds. The molecule has 1 heterocycles. The van der Waals surface area contributed by atoms with Crippen molar-refractivity contribution >= 4 is 5.91 Å². The topological polar surface area (TPSA) is 58.6 Å². The van der Waals surface area contributed by atoms with Gasteiger partial charge in [0.1, 0.15) is 0 Å². The Morgan fingerprint density at radius 1 is 1.29 bits per heavy atom. The van der Waals surface area contributed by atoms with E-state index in [0.717, 1.165) is 6.42 Å². The normalized spacial score (nSPS) is 44.2. The zero-order valence-electron chi connectivity index (χ0n) is 10.1. The molecule has 0 spiro atoms. The van der Waals surface area contributed by atoms with Crippen LogP contribution in [0.4, 0.5) is 0 Å². The van der Waals surface area contributed by atoms with Crippen molar-refractivity contribution in [3.63, 3.8) is 0 Å². The fourth-order valence-corrected chi connectivity index (χ4v) is 3.92. The lowest BCUT2D eigenvalue weighted by Gasteiger charge is -2.31. The number of ether oxygens (including phenoxy) is 1. The fraction of sp³-hybridized carbons (Fsp3) is 0.923. The number of hydrogen-bond donors (Lipinski definition) is 2. The van der Waals surface area contributed by atoms with Crippen molar-refractivity contribution in [2.24, 2.45) is 23.7 Å². The average Bonchev–Trinajstić information content (AvgIpc) is 3.05. The molecule has 2 bridgehead atoms. The standard InChI is InChI=1S/C13H21NO3/c15-6-11-8-1-2-9(5-8)12(11)14-13(16)10-3-4-17-7-10/h8-12,15H,1-7H2,(H,14,16). The van der Waals surface area contributed by atoms with Crippen LogP contribution in [0.15, 0.2) is 0 Å². The summed E-state index contributed by atoms with van der Waals surface area (Å²) in [5.74, 6) is 1.70. The third-order valence-corrected chi connectivity index (χ3v) is 4.91. The molecule has 96 valence electrons. The summed E-state index contributed by atoms with van der Waals surface area (Å²) in [6.45, 7) is 1.49. The smallest absolute Gasteiger partial charge is 0.225 e. The molecule has 0 aromatic rings. The van der Waals surface area contributed by atoms with Gasteiger partial charge in [-0.1, -0.05) is 0 Å². The van der Waals surface area contributed by atoms with Crippen LogP contribution < -0.4 is 5.32 Å². The predicted molar refractivity (Wildman–Crippen MR) is 62.3 cm³/mol. The SMILES string of the molecule is O=C(NC1C2CCC(C2)C1CO)C1CCOC1. The second-order valence-electron chi connectivity index (χ2n) is 5.77. The molecule has 4 nitrogen and oxygen atoms in total. The minimum Gasteiger partial charge on any atom is -0.396 e. The molecule has 17 heavy (non-hydrogen) atoms. The van der Waals surface area contributed by atoms with Gasteiger partial charge in [0.05, 0.1) is 12.5 Å². The van der Waals surface area contributed by atoms with Crippen LogP contribution in [0.3, 0.4) is 0 Å². The van der Waals surface area contributed by atoms with Crippen molar-refractivity contribution in [3.05, 3.63) is 0 Å². The van der Waals surface area contributed by atoms with Gasteiger partial charge in [0, 0.05) is 25.2 Å². The van der Waals surface area contributed by atoms with E-state index in [2.05, 4.69) is 5.32 Å². The van der Waals surface area contributed by atoms with Gasteiger partial charge in [-0.15, -0.1) is 0 Å². The molecule has 0 aromatic carbocycles. The monoisotopic (exact) mass is 239 g/mol. The Hall–Kier alpha value is -0.610. The summed E-state index contributed by atoms with van der Waals surface area (Å²) in [6, 6.07) is 0.215. The minimum atomic E-state index is 0.0356. The van der Waals surface area contributed by atoms with Crippen molar-refractivity contribution in [1.82, 2.24) is 5.32 Å². The fourth-order valence-electron chi connectivity index (χ4n) is 3.92. The summed E-state index contributed by atoms with van der Waals surface area (Å²) in [7, 11) is 0. The van der Waals surface area contributed by atoms with Gasteiger partial charge in [-0.05, 0) is 37.5 Å². The van der Waals surface area contributed by atoms with Gasteiger partial charge in [0.15, 0.2) is 0 Å². The summed E-state index contributed by atoms with van der Waals surface area (Å²) in [5.41, 5.74) is 0. The lowest BCUT2D eigenvalue weighted by atomic mass is 9.84. The average molecular weight is 239 g/mol. The summed E-state index contributed by atoms with van der Waals surface area (Å²) >= 11 is 0. The van der Waals surface area contributed by atoms with Crippen LogP contribution in [0.25, 0.3) is 0 Å². The van der Waals surface area contributed by atoms with E-state index in [9.17, 15) is 9.90 Å². The number of aliphatic hydroxyl groups is 1. The second-order valence-corrected chi connectivity index (χ2v) is 5.77. The molecule has 3 aliphatic rings. The first kappa shape index (κ1) is 11.5. The molecule has 5 atom stereocenters. The van der Waals surface area contributed by atoms with E-state index in [1.807, 2.05) is 0 Å². The molecule has 1 saturated heterocycles. The highest BCUT2D eigenvalue weighted by molar-refractivity contribution is 5.79. The number of rotatable bonds is 3. The third-order valence-electron chi connectivity index (χ3n) is 4.91. The van der Waals surface area contributed by atoms with Gasteiger partial charge in [0.25, 0.3) is 0 Å². The maximum atomic E-state index is 12.1. The zero-order valence-corrected chi connectivity index (χ0v) is 10.1. The van der Waals surface area contributed by atoms with Gasteiger partial charge < -0.3 is 15.2 Å². The van der Waals surface area contributed by atoms with E-state index in [0.29, 0.717) is 31.0 Å². The molecule has 2 aliphatic carbocycles. The maximum Gasteiger partial charge on any atom is 0.225 e. The lowest BCUT2D eigenvalue weighted by molar-refractivity contribution is -0.126. The Kier molecular flexibility index (Phi) is 3.09. The Morgan fingerprint density at radius 2 is 2.12 bits per heavy atom. The molecule has 3 rings (SSSR count). The molecule has 3 fully saturated rings. The number of carbonyl (C=O) groups is 1. The van der Waals surface area contributed by atoms with Crippen LogP contribution in [0.2, 0.25) is 0 Å². The van der Waals surface area contributed by atoms with Crippen LogP contribution in [0.5, 0.6) is 0 Å². The predicted octanol–water partition coefficient (Wildman–Crippen LogP) is 0.546. The van der Waals surface area contributed by atoms with Crippen molar-refractivity contribution in [3.8, 4) is 0 Å². The van der Waals surface area contributed by atoms with Crippen molar-refractivity contribution < 1.29 is 14.6 Å². The number of hydrogen-bond acceptors (Lipinski definition) is 3. The van der Waals surface area contributed by atoms with E-state index in [1.54, 1.807) is 0 Å².